The first kappa shape index (κ1) is 16.6. The molecule has 0 saturated heterocycles. The summed E-state index contributed by atoms with van der Waals surface area (Å²) in [6.07, 6.45) is -1.59. The van der Waals surface area contributed by atoms with Gasteiger partial charge in [0.2, 0.25) is 0 Å². The van der Waals surface area contributed by atoms with Gasteiger partial charge in [-0.05, 0) is 14.1 Å². The number of carbonyl (C=O) groups excluding carboxylic acids is 1. The second kappa shape index (κ2) is 9.63. The largest absolute Gasteiger partial charge is 0.479 e. The van der Waals surface area contributed by atoms with Crippen molar-refractivity contribution in [3.05, 3.63) is 0 Å². The van der Waals surface area contributed by atoms with Crippen molar-refractivity contribution >= 4 is 12.0 Å². The number of aliphatic hydroxyl groups excluding tert-OH is 1. The van der Waals surface area contributed by atoms with Gasteiger partial charge >= 0.3 is 12.0 Å². The van der Waals surface area contributed by atoms with Gasteiger partial charge in [0.1, 0.15) is 0 Å². The number of hydrogen-bond acceptors (Lipinski definition) is 5. The Morgan fingerprint density at radius 2 is 1.94 bits per heavy atom. The summed E-state index contributed by atoms with van der Waals surface area (Å²) in [5, 5.41) is 22.0. The minimum absolute atomic E-state index is 0.322. The summed E-state index contributed by atoms with van der Waals surface area (Å²) in [4.78, 5) is 23.4. The van der Waals surface area contributed by atoms with E-state index < -0.39 is 18.1 Å². The van der Waals surface area contributed by atoms with Gasteiger partial charge in [-0.3, -0.25) is 0 Å². The summed E-state index contributed by atoms with van der Waals surface area (Å²) in [5.41, 5.74) is 0. The van der Waals surface area contributed by atoms with Crippen molar-refractivity contribution in [3.63, 3.8) is 0 Å². The molecular formula is C10H21N3O5. The highest BCUT2D eigenvalue weighted by molar-refractivity contribution is 5.76. The first-order valence-corrected chi connectivity index (χ1v) is 5.58. The maximum atomic E-state index is 11.1. The zero-order valence-electron chi connectivity index (χ0n) is 10.7. The Hall–Kier alpha value is -1.38. The van der Waals surface area contributed by atoms with E-state index in [0.717, 1.165) is 6.54 Å². The van der Waals surface area contributed by atoms with E-state index in [1.54, 1.807) is 0 Å². The molecule has 0 radical (unpaired) electrons. The van der Waals surface area contributed by atoms with Crippen molar-refractivity contribution in [2.45, 2.75) is 6.10 Å². The molecule has 0 fully saturated rings. The molecule has 0 saturated carbocycles. The van der Waals surface area contributed by atoms with Crippen molar-refractivity contribution in [2.24, 2.45) is 0 Å². The first-order valence-electron chi connectivity index (χ1n) is 5.58. The summed E-state index contributed by atoms with van der Waals surface area (Å²) in [6.45, 7) is 1.75. The molecule has 106 valence electrons. The molecule has 18 heavy (non-hydrogen) atoms. The van der Waals surface area contributed by atoms with Crippen molar-refractivity contribution in [3.8, 4) is 0 Å². The Morgan fingerprint density at radius 3 is 2.50 bits per heavy atom. The number of carboxylic acid groups (broad SMARTS) is 1. The third-order valence-corrected chi connectivity index (χ3v) is 1.96. The van der Waals surface area contributed by atoms with Crippen LogP contribution in [0.3, 0.4) is 0 Å². The summed E-state index contributed by atoms with van der Waals surface area (Å²) in [6, 6.07) is -0.536. The zero-order valence-corrected chi connectivity index (χ0v) is 10.7. The lowest BCUT2D eigenvalue weighted by molar-refractivity contribution is -0.146. The summed E-state index contributed by atoms with van der Waals surface area (Å²) >= 11 is 0. The van der Waals surface area contributed by atoms with Gasteiger partial charge in [0.25, 0.3) is 0 Å². The van der Waals surface area contributed by atoms with Crippen LogP contribution in [0.5, 0.6) is 0 Å². The fourth-order valence-electron chi connectivity index (χ4n) is 0.925. The summed E-state index contributed by atoms with van der Waals surface area (Å²) < 4.78 is 5.23. The van der Waals surface area contributed by atoms with Crippen LogP contribution in [0.15, 0.2) is 0 Å². The van der Waals surface area contributed by atoms with Crippen molar-refractivity contribution in [1.29, 1.82) is 0 Å². The van der Waals surface area contributed by atoms with Crippen LogP contribution in [0.25, 0.3) is 0 Å². The first-order chi connectivity index (χ1) is 8.43. The van der Waals surface area contributed by atoms with Gasteiger partial charge in [-0.2, -0.15) is 0 Å². The van der Waals surface area contributed by atoms with Gasteiger partial charge in [0.05, 0.1) is 19.8 Å². The Morgan fingerprint density at radius 1 is 1.28 bits per heavy atom. The molecule has 0 rings (SSSR count). The molecule has 0 aromatic carbocycles. The van der Waals surface area contributed by atoms with Crippen molar-refractivity contribution in [2.75, 3.05) is 46.9 Å². The number of carboxylic acids is 1. The molecule has 0 aliphatic carbocycles. The fraction of sp³-hybridized carbons (Fsp3) is 0.800. The number of carbonyl (C=O) groups is 2. The van der Waals surface area contributed by atoms with Crippen molar-refractivity contribution < 1.29 is 24.5 Å². The average Bonchev–Trinajstić information content (AvgIpc) is 2.29. The van der Waals surface area contributed by atoms with Gasteiger partial charge in [0, 0.05) is 13.1 Å². The number of ether oxygens (including phenoxy) is 1. The topological polar surface area (TPSA) is 111 Å². The van der Waals surface area contributed by atoms with Gasteiger partial charge in [-0.1, -0.05) is 0 Å². The van der Waals surface area contributed by atoms with Gasteiger partial charge < -0.3 is 30.5 Å². The Balaban J connectivity index is 3.40. The molecule has 0 spiro atoms. The van der Waals surface area contributed by atoms with Crippen LogP contribution in [0, 0.1) is 0 Å². The second-order valence-electron chi connectivity index (χ2n) is 3.91. The molecule has 0 aliphatic rings. The van der Waals surface area contributed by atoms with Gasteiger partial charge in [-0.15, -0.1) is 0 Å². The molecule has 0 aliphatic heterocycles. The molecule has 0 heterocycles. The Labute approximate surface area is 106 Å². The Kier molecular flexibility index (Phi) is 8.89. The normalized spacial score (nSPS) is 12.2. The minimum Gasteiger partial charge on any atom is -0.479 e. The van der Waals surface area contributed by atoms with Crippen LogP contribution in [-0.2, 0) is 9.53 Å². The zero-order chi connectivity index (χ0) is 14.0. The van der Waals surface area contributed by atoms with E-state index in [-0.39, 0.29) is 6.54 Å². The van der Waals surface area contributed by atoms with Crippen LogP contribution in [0.2, 0.25) is 0 Å². The predicted octanol–water partition coefficient (Wildman–Crippen LogP) is -1.69. The van der Waals surface area contributed by atoms with Crippen LogP contribution < -0.4 is 10.6 Å². The molecule has 4 N–H and O–H groups in total. The molecule has 8 heteroatoms. The highest BCUT2D eigenvalue weighted by Gasteiger charge is 2.13. The lowest BCUT2D eigenvalue weighted by Crippen LogP contribution is -2.43. The number of aliphatic hydroxyl groups is 1. The quantitative estimate of drug-likeness (QED) is 0.369. The maximum absolute atomic E-state index is 11.1. The number of nitrogens with one attached hydrogen (secondary N) is 2. The highest BCUT2D eigenvalue weighted by Crippen LogP contribution is 1.80. The molecule has 1 atom stereocenters. The van der Waals surface area contributed by atoms with E-state index in [4.69, 9.17) is 14.9 Å². The predicted molar refractivity (Wildman–Crippen MR) is 64.4 cm³/mol. The van der Waals surface area contributed by atoms with Crippen LogP contribution in [-0.4, -0.2) is 80.2 Å². The van der Waals surface area contributed by atoms with Crippen LogP contribution >= 0.6 is 0 Å². The number of hydrogen-bond donors (Lipinski definition) is 4. The van der Waals surface area contributed by atoms with Crippen molar-refractivity contribution in [1.82, 2.24) is 15.5 Å². The number of rotatable bonds is 9. The standard InChI is InChI=1S/C10H21N3O5/c1-13(2)4-6-18-5-3-11-10(17)12-7-8(14)9(15)16/h8,14H,3-7H2,1-2H3,(H,15,16)(H2,11,12,17). The maximum Gasteiger partial charge on any atom is 0.334 e. The summed E-state index contributed by atoms with van der Waals surface area (Å²) in [7, 11) is 3.87. The van der Waals surface area contributed by atoms with E-state index in [2.05, 4.69) is 10.6 Å². The van der Waals surface area contributed by atoms with Crippen LogP contribution in [0.1, 0.15) is 0 Å². The molecular weight excluding hydrogens is 242 g/mol. The van der Waals surface area contributed by atoms with Gasteiger partial charge in [0.15, 0.2) is 6.10 Å². The van der Waals surface area contributed by atoms with E-state index in [1.165, 1.54) is 0 Å². The fourth-order valence-corrected chi connectivity index (χ4v) is 0.925. The van der Waals surface area contributed by atoms with E-state index >= 15 is 0 Å². The Bertz CT molecular complexity index is 260. The van der Waals surface area contributed by atoms with E-state index in [0.29, 0.717) is 19.8 Å². The summed E-state index contributed by atoms with van der Waals surface area (Å²) in [5.74, 6) is -1.37. The molecule has 8 nitrogen and oxygen atoms in total. The molecule has 2 amide bonds. The second-order valence-corrected chi connectivity index (χ2v) is 3.91. The SMILES string of the molecule is CN(C)CCOCCNC(=O)NCC(O)C(=O)O. The number of amides is 2. The minimum atomic E-state index is -1.59. The monoisotopic (exact) mass is 263 g/mol. The lowest BCUT2D eigenvalue weighted by Gasteiger charge is -2.11. The highest BCUT2D eigenvalue weighted by atomic mass is 16.5. The van der Waals surface area contributed by atoms with Gasteiger partial charge in [-0.25, -0.2) is 9.59 Å². The molecule has 1 unspecified atom stereocenters. The smallest absolute Gasteiger partial charge is 0.334 e. The lowest BCUT2D eigenvalue weighted by atomic mass is 10.4. The average molecular weight is 263 g/mol. The number of likely N-dealkylation sites (N-methyl/N-ethyl adjacent to an activating group) is 1. The van der Waals surface area contributed by atoms with Crippen LogP contribution in [0.4, 0.5) is 4.79 Å². The molecule has 0 aromatic heterocycles. The number of nitrogens with zero attached hydrogens (tertiary/aromatic N) is 1. The number of aliphatic carboxylic acids is 1. The van der Waals surface area contributed by atoms with E-state index in [9.17, 15) is 9.59 Å². The number of urea groups is 1. The third kappa shape index (κ3) is 9.82. The van der Waals surface area contributed by atoms with E-state index in [1.807, 2.05) is 19.0 Å². The molecule has 0 aromatic rings. The third-order valence-electron chi connectivity index (χ3n) is 1.96. The molecule has 0 bridgehead atoms.